The summed E-state index contributed by atoms with van der Waals surface area (Å²) in [5.41, 5.74) is 10.1. The van der Waals surface area contributed by atoms with Gasteiger partial charge in [0.15, 0.2) is 0 Å². The topological polar surface area (TPSA) is 87.8 Å². The van der Waals surface area contributed by atoms with Crippen LogP contribution in [0.4, 0.5) is 5.69 Å². The Balaban J connectivity index is 2.22. The molecular weight excluding hydrogens is 268 g/mol. The first kappa shape index (κ1) is 14.8. The van der Waals surface area contributed by atoms with Crippen molar-refractivity contribution in [1.82, 2.24) is 5.43 Å². The molecule has 0 bridgehead atoms. The molecule has 0 aromatic heterocycles. The highest BCUT2D eigenvalue weighted by molar-refractivity contribution is 6.34. The molecule has 2 amide bonds. The van der Waals surface area contributed by atoms with Gasteiger partial charge in [-0.1, -0.05) is 32.0 Å². The fourth-order valence-electron chi connectivity index (χ4n) is 2.56. The van der Waals surface area contributed by atoms with E-state index in [4.69, 9.17) is 5.73 Å². The van der Waals surface area contributed by atoms with Gasteiger partial charge in [0.05, 0.1) is 0 Å². The second-order valence-electron chi connectivity index (χ2n) is 5.34. The van der Waals surface area contributed by atoms with E-state index in [0.29, 0.717) is 0 Å². The molecular formula is C15H18N4O2. The van der Waals surface area contributed by atoms with Crippen LogP contribution in [0.15, 0.2) is 41.1 Å². The molecule has 0 radical (unpaired) electrons. The van der Waals surface area contributed by atoms with Gasteiger partial charge in [0.1, 0.15) is 0 Å². The van der Waals surface area contributed by atoms with Gasteiger partial charge in [-0.2, -0.15) is 5.10 Å². The molecule has 1 aromatic rings. The quantitative estimate of drug-likeness (QED) is 0.481. The Labute approximate surface area is 123 Å². The van der Waals surface area contributed by atoms with Gasteiger partial charge in [-0.15, -0.1) is 0 Å². The number of nitrogens with one attached hydrogen (secondary N) is 1. The molecule has 2 rings (SSSR count). The number of likely N-dealkylation sites (N-methyl/N-ethyl adjacent to an activating group) is 1. The number of rotatable bonds is 2. The highest BCUT2D eigenvalue weighted by atomic mass is 16.2. The number of carbonyl (C=O) groups is 2. The van der Waals surface area contributed by atoms with Gasteiger partial charge < -0.3 is 10.6 Å². The minimum Gasteiger partial charge on any atom is -0.361 e. The van der Waals surface area contributed by atoms with Crippen molar-refractivity contribution in [3.05, 3.63) is 41.6 Å². The van der Waals surface area contributed by atoms with Crippen molar-refractivity contribution in [2.24, 2.45) is 10.8 Å². The smallest absolute Gasteiger partial charge is 0.329 e. The highest BCUT2D eigenvalue weighted by Gasteiger charge is 2.37. The van der Waals surface area contributed by atoms with E-state index in [0.717, 1.165) is 11.4 Å². The molecule has 0 aliphatic carbocycles. The number of anilines is 1. The average molecular weight is 286 g/mol. The zero-order valence-corrected chi connectivity index (χ0v) is 12.3. The lowest BCUT2D eigenvalue weighted by Crippen LogP contribution is -2.32. The monoisotopic (exact) mass is 286 g/mol. The first-order valence-electron chi connectivity index (χ1n) is 6.52. The van der Waals surface area contributed by atoms with Gasteiger partial charge in [-0.3, -0.25) is 9.59 Å². The third-order valence-electron chi connectivity index (χ3n) is 3.64. The van der Waals surface area contributed by atoms with Crippen LogP contribution < -0.4 is 16.1 Å². The number of amides is 2. The zero-order chi connectivity index (χ0) is 15.6. The number of nitrogens with two attached hydrogens (primary N) is 1. The minimum absolute atomic E-state index is 0.162. The van der Waals surface area contributed by atoms with Crippen molar-refractivity contribution in [2.45, 2.75) is 19.3 Å². The maximum atomic E-state index is 11.0. The highest BCUT2D eigenvalue weighted by Crippen LogP contribution is 2.46. The van der Waals surface area contributed by atoms with Crippen LogP contribution in [0.5, 0.6) is 0 Å². The molecule has 0 saturated carbocycles. The predicted molar refractivity (Wildman–Crippen MR) is 81.8 cm³/mol. The second kappa shape index (κ2) is 5.40. The Bertz CT molecular complexity index is 647. The Morgan fingerprint density at radius 3 is 2.62 bits per heavy atom. The average Bonchev–Trinajstić information content (AvgIpc) is 2.64. The van der Waals surface area contributed by atoms with Crippen molar-refractivity contribution < 1.29 is 9.59 Å². The van der Waals surface area contributed by atoms with Crippen molar-refractivity contribution >= 4 is 23.7 Å². The molecule has 1 heterocycles. The van der Waals surface area contributed by atoms with Gasteiger partial charge in [-0.05, 0) is 17.7 Å². The van der Waals surface area contributed by atoms with Crippen molar-refractivity contribution in [1.29, 1.82) is 0 Å². The number of hydrogen-bond acceptors (Lipinski definition) is 4. The predicted octanol–water partition coefficient (Wildman–Crippen LogP) is 0.885. The maximum Gasteiger partial charge on any atom is 0.329 e. The number of benzene rings is 1. The molecule has 110 valence electrons. The lowest BCUT2D eigenvalue weighted by Gasteiger charge is -2.23. The molecule has 1 aromatic carbocycles. The largest absolute Gasteiger partial charge is 0.361 e. The fourth-order valence-corrected chi connectivity index (χ4v) is 2.56. The molecule has 0 unspecified atom stereocenters. The number of nitrogens with zero attached hydrogens (tertiary/aromatic N) is 2. The number of allylic oxidation sites excluding steroid dienone is 2. The van der Waals surface area contributed by atoms with Crippen LogP contribution >= 0.6 is 0 Å². The number of carbonyl (C=O) groups excluding carboxylic acids is 2. The van der Waals surface area contributed by atoms with Crippen LogP contribution in [-0.4, -0.2) is 25.1 Å². The molecule has 6 heteroatoms. The second-order valence-corrected chi connectivity index (χ2v) is 5.34. The summed E-state index contributed by atoms with van der Waals surface area (Å²) in [6.45, 7) is 4.24. The summed E-state index contributed by atoms with van der Waals surface area (Å²) in [4.78, 5) is 23.6. The summed E-state index contributed by atoms with van der Waals surface area (Å²) in [5, 5.41) is 3.69. The summed E-state index contributed by atoms with van der Waals surface area (Å²) in [6, 6.07) is 8.16. The van der Waals surface area contributed by atoms with E-state index in [1.807, 2.05) is 19.2 Å². The van der Waals surface area contributed by atoms with Crippen molar-refractivity contribution in [2.75, 3.05) is 11.9 Å². The van der Waals surface area contributed by atoms with E-state index in [9.17, 15) is 9.59 Å². The molecule has 0 fully saturated rings. The number of fused-ring (bicyclic) bond motifs is 1. The van der Waals surface area contributed by atoms with Crippen LogP contribution in [0.2, 0.25) is 0 Å². The molecule has 1 aliphatic rings. The lowest BCUT2D eigenvalue weighted by molar-refractivity contribution is -0.137. The normalized spacial score (nSPS) is 18.0. The van der Waals surface area contributed by atoms with E-state index in [1.54, 1.807) is 6.08 Å². The van der Waals surface area contributed by atoms with Crippen LogP contribution in [0.3, 0.4) is 0 Å². The van der Waals surface area contributed by atoms with E-state index in [2.05, 4.69) is 41.4 Å². The van der Waals surface area contributed by atoms with Gasteiger partial charge in [0.2, 0.25) is 0 Å². The Hall–Kier alpha value is -2.63. The molecule has 0 saturated heterocycles. The van der Waals surface area contributed by atoms with E-state index < -0.39 is 11.8 Å². The SMILES string of the molecule is CN1/C(=C\C=NNC(=O)C(N)=O)C(C)(C)c2ccccc21. The van der Waals surface area contributed by atoms with Gasteiger partial charge in [0.25, 0.3) is 0 Å². The van der Waals surface area contributed by atoms with Gasteiger partial charge >= 0.3 is 11.8 Å². The third-order valence-corrected chi connectivity index (χ3v) is 3.64. The lowest BCUT2D eigenvalue weighted by atomic mass is 9.84. The zero-order valence-electron chi connectivity index (χ0n) is 12.3. The first-order chi connectivity index (χ1) is 9.85. The summed E-state index contributed by atoms with van der Waals surface area (Å²) >= 11 is 0. The summed E-state index contributed by atoms with van der Waals surface area (Å²) in [5.74, 6) is -2.00. The van der Waals surface area contributed by atoms with Gasteiger partial charge in [0, 0.05) is 30.1 Å². The molecule has 1 aliphatic heterocycles. The Kier molecular flexibility index (Phi) is 3.80. The Morgan fingerprint density at radius 2 is 2.00 bits per heavy atom. The van der Waals surface area contributed by atoms with Crippen LogP contribution in [0.1, 0.15) is 19.4 Å². The number of hydrogen-bond donors (Lipinski definition) is 2. The minimum atomic E-state index is -1.06. The van der Waals surface area contributed by atoms with E-state index in [1.165, 1.54) is 11.8 Å². The maximum absolute atomic E-state index is 11.0. The van der Waals surface area contributed by atoms with Gasteiger partial charge in [-0.25, -0.2) is 5.43 Å². The molecule has 21 heavy (non-hydrogen) atoms. The summed E-state index contributed by atoms with van der Waals surface area (Å²) in [6.07, 6.45) is 3.25. The third kappa shape index (κ3) is 2.65. The number of para-hydroxylation sites is 1. The van der Waals surface area contributed by atoms with Crippen molar-refractivity contribution in [3.63, 3.8) is 0 Å². The fraction of sp³-hybridized carbons (Fsp3) is 0.267. The molecule has 0 spiro atoms. The number of hydrazone groups is 1. The Morgan fingerprint density at radius 1 is 1.33 bits per heavy atom. The van der Waals surface area contributed by atoms with Crippen molar-refractivity contribution in [3.8, 4) is 0 Å². The first-order valence-corrected chi connectivity index (χ1v) is 6.52. The molecule has 0 atom stereocenters. The molecule has 6 nitrogen and oxygen atoms in total. The van der Waals surface area contributed by atoms with Crippen LogP contribution in [-0.2, 0) is 15.0 Å². The summed E-state index contributed by atoms with van der Waals surface area (Å²) < 4.78 is 0. The number of primary amides is 1. The van der Waals surface area contributed by atoms with E-state index >= 15 is 0 Å². The van der Waals surface area contributed by atoms with Crippen LogP contribution in [0, 0.1) is 0 Å². The molecule has 3 N–H and O–H groups in total. The standard InChI is InChI=1S/C15H18N4O2/c1-15(2)10-6-4-5-7-11(10)19(3)12(15)8-9-17-18-14(21)13(16)20/h4-9H,1-3H3,(H2,16,20)(H,18,21)/b12-8-,17-9?. The summed E-state index contributed by atoms with van der Waals surface area (Å²) in [7, 11) is 1.98. The van der Waals surface area contributed by atoms with E-state index in [-0.39, 0.29) is 5.41 Å². The van der Waals surface area contributed by atoms with Crippen LogP contribution in [0.25, 0.3) is 0 Å².